The average Bonchev–Trinajstić information content (AvgIpc) is 2.36. The number of aromatic nitrogens is 2. The van der Waals surface area contributed by atoms with Gasteiger partial charge in [0.2, 0.25) is 5.88 Å². The van der Waals surface area contributed by atoms with Crippen molar-refractivity contribution in [1.82, 2.24) is 10.2 Å². The van der Waals surface area contributed by atoms with Gasteiger partial charge in [0, 0.05) is 17.1 Å². The Labute approximate surface area is 111 Å². The van der Waals surface area contributed by atoms with Gasteiger partial charge in [-0.1, -0.05) is 11.6 Å². The van der Waals surface area contributed by atoms with Gasteiger partial charge in [0.1, 0.15) is 5.75 Å². The van der Waals surface area contributed by atoms with Gasteiger partial charge in [0.25, 0.3) is 0 Å². The number of nitrogens with zero attached hydrogens (tertiary/aromatic N) is 2. The van der Waals surface area contributed by atoms with Crippen LogP contribution in [0.4, 0.5) is 0 Å². The maximum atomic E-state index is 6.11. The van der Waals surface area contributed by atoms with E-state index in [9.17, 15) is 0 Å². The standard InChI is InChI=1S/C13H14ClN3O/c1-8-5-11(6-9(2)12(8)14)18-13-10(7-15)3-4-16-17-13/h3-6H,7,15H2,1-2H3. The Bertz CT molecular complexity index is 549. The number of halogens is 1. The van der Waals surface area contributed by atoms with Gasteiger partial charge in [-0.15, -0.1) is 5.10 Å². The predicted molar refractivity (Wildman–Crippen MR) is 70.9 cm³/mol. The zero-order chi connectivity index (χ0) is 13.1. The first-order chi connectivity index (χ1) is 8.61. The minimum absolute atomic E-state index is 0.358. The molecule has 0 saturated carbocycles. The van der Waals surface area contributed by atoms with Crippen LogP contribution in [0.2, 0.25) is 5.02 Å². The van der Waals surface area contributed by atoms with Crippen molar-refractivity contribution in [2.75, 3.05) is 0 Å². The van der Waals surface area contributed by atoms with E-state index < -0.39 is 0 Å². The lowest BCUT2D eigenvalue weighted by atomic mass is 10.1. The highest BCUT2D eigenvalue weighted by Gasteiger charge is 2.08. The molecule has 0 radical (unpaired) electrons. The van der Waals surface area contributed by atoms with Crippen molar-refractivity contribution in [2.45, 2.75) is 20.4 Å². The lowest BCUT2D eigenvalue weighted by molar-refractivity contribution is 0.448. The Kier molecular flexibility index (Phi) is 3.79. The van der Waals surface area contributed by atoms with Gasteiger partial charge in [-0.25, -0.2) is 0 Å². The topological polar surface area (TPSA) is 61.0 Å². The lowest BCUT2D eigenvalue weighted by Crippen LogP contribution is -2.02. The Hall–Kier alpha value is -1.65. The number of hydrogen-bond donors (Lipinski definition) is 1. The zero-order valence-electron chi connectivity index (χ0n) is 10.3. The quantitative estimate of drug-likeness (QED) is 0.925. The molecule has 0 atom stereocenters. The molecule has 1 aromatic carbocycles. The van der Waals surface area contributed by atoms with Crippen molar-refractivity contribution >= 4 is 11.6 Å². The molecule has 94 valence electrons. The maximum absolute atomic E-state index is 6.11. The Morgan fingerprint density at radius 1 is 1.28 bits per heavy atom. The van der Waals surface area contributed by atoms with Crippen LogP contribution in [-0.4, -0.2) is 10.2 Å². The van der Waals surface area contributed by atoms with Crippen molar-refractivity contribution in [3.05, 3.63) is 46.1 Å². The van der Waals surface area contributed by atoms with Gasteiger partial charge in [0.15, 0.2) is 0 Å². The van der Waals surface area contributed by atoms with Crippen LogP contribution in [0.25, 0.3) is 0 Å². The van der Waals surface area contributed by atoms with Crippen LogP contribution in [0.3, 0.4) is 0 Å². The third kappa shape index (κ3) is 2.60. The highest BCUT2D eigenvalue weighted by Crippen LogP contribution is 2.29. The molecule has 1 aromatic heterocycles. The van der Waals surface area contributed by atoms with Crippen LogP contribution in [0.5, 0.6) is 11.6 Å². The van der Waals surface area contributed by atoms with E-state index in [1.54, 1.807) is 12.3 Å². The third-order valence-electron chi connectivity index (χ3n) is 2.61. The average molecular weight is 264 g/mol. The third-order valence-corrected chi connectivity index (χ3v) is 3.21. The van der Waals surface area contributed by atoms with Gasteiger partial charge in [-0.2, -0.15) is 5.10 Å². The van der Waals surface area contributed by atoms with Crippen molar-refractivity contribution < 1.29 is 4.74 Å². The van der Waals surface area contributed by atoms with E-state index in [2.05, 4.69) is 10.2 Å². The van der Waals surface area contributed by atoms with Gasteiger partial charge < -0.3 is 10.5 Å². The minimum atomic E-state index is 0.358. The fourth-order valence-corrected chi connectivity index (χ4v) is 1.77. The van der Waals surface area contributed by atoms with Crippen molar-refractivity contribution in [1.29, 1.82) is 0 Å². The molecule has 0 aliphatic rings. The summed E-state index contributed by atoms with van der Waals surface area (Å²) < 4.78 is 5.70. The summed E-state index contributed by atoms with van der Waals surface area (Å²) >= 11 is 6.11. The molecule has 0 fully saturated rings. The van der Waals surface area contributed by atoms with Gasteiger partial charge >= 0.3 is 0 Å². The van der Waals surface area contributed by atoms with Gasteiger partial charge in [-0.3, -0.25) is 0 Å². The van der Waals surface area contributed by atoms with Crippen LogP contribution in [0, 0.1) is 13.8 Å². The fourth-order valence-electron chi connectivity index (χ4n) is 1.66. The smallest absolute Gasteiger partial charge is 0.243 e. The van der Waals surface area contributed by atoms with Crippen LogP contribution in [-0.2, 0) is 6.54 Å². The highest BCUT2D eigenvalue weighted by molar-refractivity contribution is 6.32. The number of ether oxygens (including phenoxy) is 1. The largest absolute Gasteiger partial charge is 0.437 e. The Balaban J connectivity index is 2.34. The summed E-state index contributed by atoms with van der Waals surface area (Å²) in [7, 11) is 0. The summed E-state index contributed by atoms with van der Waals surface area (Å²) in [5.41, 5.74) is 8.36. The summed E-state index contributed by atoms with van der Waals surface area (Å²) in [5.74, 6) is 1.12. The normalized spacial score (nSPS) is 10.4. The van der Waals surface area contributed by atoms with Crippen LogP contribution >= 0.6 is 11.6 Å². The van der Waals surface area contributed by atoms with E-state index in [4.69, 9.17) is 22.1 Å². The van der Waals surface area contributed by atoms with Gasteiger partial charge in [0.05, 0.1) is 6.20 Å². The second kappa shape index (κ2) is 5.33. The molecule has 18 heavy (non-hydrogen) atoms. The molecule has 0 spiro atoms. The monoisotopic (exact) mass is 263 g/mol. The number of hydrogen-bond acceptors (Lipinski definition) is 4. The summed E-state index contributed by atoms with van der Waals surface area (Å²) in [4.78, 5) is 0. The lowest BCUT2D eigenvalue weighted by Gasteiger charge is -2.10. The molecule has 2 N–H and O–H groups in total. The first-order valence-corrected chi connectivity index (χ1v) is 5.95. The van der Waals surface area contributed by atoms with Crippen LogP contribution in [0.1, 0.15) is 16.7 Å². The maximum Gasteiger partial charge on any atom is 0.243 e. The summed E-state index contributed by atoms with van der Waals surface area (Å²) in [6.45, 7) is 4.22. The molecule has 0 aliphatic carbocycles. The van der Waals surface area contributed by atoms with E-state index in [1.165, 1.54) is 0 Å². The van der Waals surface area contributed by atoms with E-state index >= 15 is 0 Å². The molecule has 2 aromatic rings. The Morgan fingerprint density at radius 3 is 2.56 bits per heavy atom. The Morgan fingerprint density at radius 2 is 1.94 bits per heavy atom. The molecular weight excluding hydrogens is 250 g/mol. The second-order valence-corrected chi connectivity index (χ2v) is 4.42. The van der Waals surface area contributed by atoms with Crippen molar-refractivity contribution in [3.8, 4) is 11.6 Å². The molecule has 4 nitrogen and oxygen atoms in total. The first-order valence-electron chi connectivity index (χ1n) is 5.57. The van der Waals surface area contributed by atoms with Crippen LogP contribution < -0.4 is 10.5 Å². The molecule has 2 rings (SSSR count). The first kappa shape index (κ1) is 12.8. The summed E-state index contributed by atoms with van der Waals surface area (Å²) in [6, 6.07) is 5.52. The fraction of sp³-hybridized carbons (Fsp3) is 0.231. The molecule has 1 heterocycles. The SMILES string of the molecule is Cc1cc(Oc2nnccc2CN)cc(C)c1Cl. The van der Waals surface area contributed by atoms with Gasteiger partial charge in [-0.05, 0) is 43.2 Å². The molecular formula is C13H14ClN3O. The second-order valence-electron chi connectivity index (χ2n) is 4.04. The summed E-state index contributed by atoms with van der Waals surface area (Å²) in [6.07, 6.45) is 1.59. The van der Waals surface area contributed by atoms with Crippen molar-refractivity contribution in [2.24, 2.45) is 5.73 Å². The number of aryl methyl sites for hydroxylation is 2. The molecule has 0 bridgehead atoms. The molecule has 0 unspecified atom stereocenters. The molecule has 0 saturated heterocycles. The molecule has 0 aliphatic heterocycles. The molecule has 0 amide bonds. The number of benzene rings is 1. The van der Waals surface area contributed by atoms with Crippen LogP contribution in [0.15, 0.2) is 24.4 Å². The van der Waals surface area contributed by atoms with Crippen molar-refractivity contribution in [3.63, 3.8) is 0 Å². The zero-order valence-corrected chi connectivity index (χ0v) is 11.0. The van der Waals surface area contributed by atoms with E-state index in [0.717, 1.165) is 21.7 Å². The predicted octanol–water partition coefficient (Wildman–Crippen LogP) is 3.00. The van der Waals surface area contributed by atoms with E-state index in [1.807, 2.05) is 26.0 Å². The number of nitrogens with two attached hydrogens (primary N) is 1. The van der Waals surface area contributed by atoms with E-state index in [-0.39, 0.29) is 0 Å². The minimum Gasteiger partial charge on any atom is -0.437 e. The highest BCUT2D eigenvalue weighted by atomic mass is 35.5. The molecule has 5 heteroatoms. The van der Waals surface area contributed by atoms with E-state index in [0.29, 0.717) is 18.2 Å². The summed E-state index contributed by atoms with van der Waals surface area (Å²) in [5, 5.41) is 8.49. The number of rotatable bonds is 3.